The molecule has 1 heterocycles. The Morgan fingerprint density at radius 1 is 1.44 bits per heavy atom. The molecule has 0 bridgehead atoms. The number of rotatable bonds is 3. The van der Waals surface area contributed by atoms with Gasteiger partial charge in [-0.25, -0.2) is 0 Å². The highest BCUT2D eigenvalue weighted by molar-refractivity contribution is 6.31. The molecule has 0 amide bonds. The van der Waals surface area contributed by atoms with E-state index < -0.39 is 5.60 Å². The van der Waals surface area contributed by atoms with E-state index in [-0.39, 0.29) is 5.78 Å². The molecule has 4 heteroatoms. The molecule has 1 aromatic carbocycles. The van der Waals surface area contributed by atoms with Crippen LogP contribution in [-0.2, 0) is 4.74 Å². The van der Waals surface area contributed by atoms with Crippen LogP contribution in [0.5, 0.6) is 5.75 Å². The number of methoxy groups -OCH3 is 1. The molecule has 0 aliphatic carbocycles. The van der Waals surface area contributed by atoms with E-state index in [2.05, 4.69) is 0 Å². The maximum Gasteiger partial charge on any atom is 0.198 e. The second kappa shape index (κ2) is 5.29. The Morgan fingerprint density at radius 3 is 2.83 bits per heavy atom. The number of ether oxygens (including phenoxy) is 2. The molecule has 1 aliphatic rings. The lowest BCUT2D eigenvalue weighted by Gasteiger charge is -2.32. The third kappa shape index (κ3) is 2.52. The van der Waals surface area contributed by atoms with Crippen molar-refractivity contribution in [3.8, 4) is 5.75 Å². The highest BCUT2D eigenvalue weighted by Crippen LogP contribution is 2.32. The molecule has 18 heavy (non-hydrogen) atoms. The van der Waals surface area contributed by atoms with Crippen LogP contribution in [0.15, 0.2) is 18.2 Å². The third-order valence-electron chi connectivity index (χ3n) is 3.36. The minimum atomic E-state index is -0.754. The molecular weight excluding hydrogens is 252 g/mol. The van der Waals surface area contributed by atoms with Crippen LogP contribution in [-0.4, -0.2) is 25.1 Å². The van der Waals surface area contributed by atoms with E-state index in [4.69, 9.17) is 21.1 Å². The van der Waals surface area contributed by atoms with Crippen molar-refractivity contribution >= 4 is 17.4 Å². The number of ketones is 1. The minimum Gasteiger partial charge on any atom is -0.496 e. The molecule has 0 spiro atoms. The largest absolute Gasteiger partial charge is 0.496 e. The Hall–Kier alpha value is -1.06. The highest BCUT2D eigenvalue weighted by atomic mass is 35.5. The number of hydrogen-bond acceptors (Lipinski definition) is 3. The van der Waals surface area contributed by atoms with Gasteiger partial charge in [0.25, 0.3) is 0 Å². The average Bonchev–Trinajstić information content (AvgIpc) is 2.38. The van der Waals surface area contributed by atoms with Gasteiger partial charge in [0.1, 0.15) is 11.4 Å². The lowest BCUT2D eigenvalue weighted by molar-refractivity contribution is -0.0427. The van der Waals surface area contributed by atoms with Crippen molar-refractivity contribution in [2.24, 2.45) is 0 Å². The zero-order valence-corrected chi connectivity index (χ0v) is 11.4. The van der Waals surface area contributed by atoms with Crippen LogP contribution in [0.25, 0.3) is 0 Å². The molecule has 98 valence electrons. The van der Waals surface area contributed by atoms with Crippen LogP contribution >= 0.6 is 11.6 Å². The molecule has 1 atom stereocenters. The molecule has 0 radical (unpaired) electrons. The van der Waals surface area contributed by atoms with Crippen LogP contribution in [0.4, 0.5) is 0 Å². The van der Waals surface area contributed by atoms with E-state index in [9.17, 15) is 4.79 Å². The summed E-state index contributed by atoms with van der Waals surface area (Å²) in [6.45, 7) is 2.47. The van der Waals surface area contributed by atoms with Gasteiger partial charge in [0.05, 0.1) is 12.7 Å². The van der Waals surface area contributed by atoms with Gasteiger partial charge in [-0.15, -0.1) is 0 Å². The standard InChI is InChI=1S/C14H17ClO3/c1-14(7-3-4-8-18-14)13(16)11-9-10(15)5-6-12(11)17-2/h5-6,9H,3-4,7-8H2,1-2H3. The Balaban J connectivity index is 2.35. The number of hydrogen-bond donors (Lipinski definition) is 0. The molecule has 1 saturated heterocycles. The van der Waals surface area contributed by atoms with E-state index >= 15 is 0 Å². The number of carbonyl (C=O) groups is 1. The zero-order chi connectivity index (χ0) is 13.2. The van der Waals surface area contributed by atoms with Crippen molar-refractivity contribution in [2.75, 3.05) is 13.7 Å². The van der Waals surface area contributed by atoms with E-state index in [1.165, 1.54) is 0 Å². The Morgan fingerprint density at radius 2 is 2.22 bits per heavy atom. The second-order valence-corrected chi connectivity index (χ2v) is 5.15. The molecule has 1 aromatic rings. The highest BCUT2D eigenvalue weighted by Gasteiger charge is 2.37. The molecule has 2 rings (SSSR count). The first-order chi connectivity index (χ1) is 8.57. The van der Waals surface area contributed by atoms with Crippen molar-refractivity contribution in [1.29, 1.82) is 0 Å². The second-order valence-electron chi connectivity index (χ2n) is 4.71. The summed E-state index contributed by atoms with van der Waals surface area (Å²) in [6, 6.07) is 5.06. The quantitative estimate of drug-likeness (QED) is 0.787. The molecule has 1 aliphatic heterocycles. The fraction of sp³-hybridized carbons (Fsp3) is 0.500. The lowest BCUT2D eigenvalue weighted by Crippen LogP contribution is -2.41. The van der Waals surface area contributed by atoms with Gasteiger partial charge < -0.3 is 9.47 Å². The van der Waals surface area contributed by atoms with Gasteiger partial charge >= 0.3 is 0 Å². The Bertz CT molecular complexity index is 450. The lowest BCUT2D eigenvalue weighted by atomic mass is 9.87. The summed E-state index contributed by atoms with van der Waals surface area (Å²) in [6.07, 6.45) is 2.75. The van der Waals surface area contributed by atoms with Gasteiger partial charge in [-0.05, 0) is 44.4 Å². The van der Waals surface area contributed by atoms with E-state index in [1.807, 2.05) is 6.92 Å². The predicted molar refractivity (Wildman–Crippen MR) is 70.5 cm³/mol. The van der Waals surface area contributed by atoms with Crippen LogP contribution in [0.1, 0.15) is 36.5 Å². The molecular formula is C14H17ClO3. The first-order valence-corrected chi connectivity index (χ1v) is 6.47. The van der Waals surface area contributed by atoms with Crippen molar-refractivity contribution in [3.05, 3.63) is 28.8 Å². The smallest absolute Gasteiger partial charge is 0.198 e. The fourth-order valence-electron chi connectivity index (χ4n) is 2.26. The molecule has 0 N–H and O–H groups in total. The SMILES string of the molecule is COc1ccc(Cl)cc1C(=O)C1(C)CCCCO1. The number of carbonyl (C=O) groups excluding carboxylic acids is 1. The van der Waals surface area contributed by atoms with Gasteiger partial charge in [0.15, 0.2) is 5.78 Å². The van der Waals surface area contributed by atoms with E-state index in [0.29, 0.717) is 22.9 Å². The summed E-state index contributed by atoms with van der Waals surface area (Å²) in [7, 11) is 1.55. The van der Waals surface area contributed by atoms with Gasteiger partial charge in [0.2, 0.25) is 0 Å². The normalized spacial score (nSPS) is 23.7. The van der Waals surface area contributed by atoms with Gasteiger partial charge in [-0.2, -0.15) is 0 Å². The summed E-state index contributed by atoms with van der Waals surface area (Å²) < 4.78 is 10.9. The van der Waals surface area contributed by atoms with Crippen molar-refractivity contribution in [3.63, 3.8) is 0 Å². The number of halogens is 1. The minimum absolute atomic E-state index is 0.0541. The maximum atomic E-state index is 12.6. The Labute approximate surface area is 112 Å². The summed E-state index contributed by atoms with van der Waals surface area (Å²) in [5, 5.41) is 0.526. The van der Waals surface area contributed by atoms with E-state index in [0.717, 1.165) is 19.3 Å². The van der Waals surface area contributed by atoms with Crippen molar-refractivity contribution < 1.29 is 14.3 Å². The monoisotopic (exact) mass is 268 g/mol. The maximum absolute atomic E-state index is 12.6. The molecule has 1 unspecified atom stereocenters. The Kier molecular flexibility index (Phi) is 3.93. The fourth-order valence-corrected chi connectivity index (χ4v) is 2.43. The molecule has 0 saturated carbocycles. The van der Waals surface area contributed by atoms with Crippen LogP contribution < -0.4 is 4.74 Å². The summed E-state index contributed by atoms with van der Waals surface area (Å²) in [5.74, 6) is 0.487. The molecule has 3 nitrogen and oxygen atoms in total. The number of benzene rings is 1. The van der Waals surface area contributed by atoms with Crippen LogP contribution in [0.2, 0.25) is 5.02 Å². The predicted octanol–water partition coefficient (Wildman–Crippen LogP) is 3.49. The van der Waals surface area contributed by atoms with E-state index in [1.54, 1.807) is 25.3 Å². The first kappa shape index (κ1) is 13.4. The summed E-state index contributed by atoms with van der Waals surface area (Å²) in [4.78, 5) is 12.6. The van der Waals surface area contributed by atoms with Gasteiger partial charge in [-0.1, -0.05) is 11.6 Å². The first-order valence-electron chi connectivity index (χ1n) is 6.09. The third-order valence-corrected chi connectivity index (χ3v) is 3.59. The average molecular weight is 269 g/mol. The zero-order valence-electron chi connectivity index (χ0n) is 10.7. The molecule has 0 aromatic heterocycles. The summed E-state index contributed by atoms with van der Waals surface area (Å²) in [5.41, 5.74) is -0.259. The van der Waals surface area contributed by atoms with Gasteiger partial charge in [0, 0.05) is 11.6 Å². The van der Waals surface area contributed by atoms with Crippen LogP contribution in [0, 0.1) is 0 Å². The molecule has 1 fully saturated rings. The topological polar surface area (TPSA) is 35.5 Å². The van der Waals surface area contributed by atoms with Crippen molar-refractivity contribution in [1.82, 2.24) is 0 Å². The van der Waals surface area contributed by atoms with Crippen LogP contribution in [0.3, 0.4) is 0 Å². The van der Waals surface area contributed by atoms with Gasteiger partial charge in [-0.3, -0.25) is 4.79 Å². The van der Waals surface area contributed by atoms with Crippen molar-refractivity contribution in [2.45, 2.75) is 31.8 Å². The number of Topliss-reactive ketones (excluding diaryl/α,β-unsaturated/α-hetero) is 1. The summed E-state index contributed by atoms with van der Waals surface area (Å²) >= 11 is 5.95.